The molecule has 0 N–H and O–H groups in total. The van der Waals surface area contributed by atoms with Crippen molar-refractivity contribution in [3.8, 4) is 5.75 Å². The minimum absolute atomic E-state index is 0.0353. The number of methoxy groups -OCH3 is 1. The first-order chi connectivity index (χ1) is 10.5. The van der Waals surface area contributed by atoms with Crippen molar-refractivity contribution >= 4 is 10.0 Å². The number of hydrogen-bond acceptors (Lipinski definition) is 4. The molecule has 22 heavy (non-hydrogen) atoms. The molecule has 1 aromatic carbocycles. The monoisotopic (exact) mass is 325 g/mol. The van der Waals surface area contributed by atoms with Crippen LogP contribution in [0.2, 0.25) is 0 Å². The van der Waals surface area contributed by atoms with Crippen LogP contribution in [-0.4, -0.2) is 45.1 Å². The van der Waals surface area contributed by atoms with Crippen molar-refractivity contribution in [1.82, 2.24) is 4.31 Å². The van der Waals surface area contributed by atoms with Crippen molar-refractivity contribution in [3.05, 3.63) is 23.8 Å². The van der Waals surface area contributed by atoms with E-state index in [0.717, 1.165) is 31.2 Å². The molecule has 0 aromatic heterocycles. The Labute approximate surface area is 132 Å². The molecule has 1 saturated heterocycles. The molecule has 1 heterocycles. The van der Waals surface area contributed by atoms with Crippen LogP contribution in [0.1, 0.15) is 31.2 Å². The molecule has 1 aromatic rings. The summed E-state index contributed by atoms with van der Waals surface area (Å²) in [6, 6.07) is 5.24. The molecule has 2 aliphatic rings. The van der Waals surface area contributed by atoms with E-state index in [9.17, 15) is 8.42 Å². The fourth-order valence-corrected chi connectivity index (χ4v) is 5.38. The van der Waals surface area contributed by atoms with Gasteiger partial charge in [-0.1, -0.05) is 18.9 Å². The van der Waals surface area contributed by atoms with Gasteiger partial charge in [-0.15, -0.1) is 0 Å². The predicted octanol–water partition coefficient (Wildman–Crippen LogP) is 2.34. The van der Waals surface area contributed by atoms with Gasteiger partial charge in [-0.05, 0) is 37.5 Å². The van der Waals surface area contributed by atoms with Gasteiger partial charge in [0.2, 0.25) is 10.0 Å². The van der Waals surface area contributed by atoms with E-state index in [0.29, 0.717) is 18.9 Å². The predicted molar refractivity (Wildman–Crippen MR) is 83.6 cm³/mol. The number of hydrogen-bond donors (Lipinski definition) is 0. The SMILES string of the molecule is COc1ccc(C)cc1S(=O)(=O)N1CCO[C@@H]2CCCC[C@H]21. The van der Waals surface area contributed by atoms with Gasteiger partial charge in [-0.2, -0.15) is 4.31 Å². The van der Waals surface area contributed by atoms with Gasteiger partial charge >= 0.3 is 0 Å². The molecule has 0 unspecified atom stereocenters. The molecule has 1 saturated carbocycles. The summed E-state index contributed by atoms with van der Waals surface area (Å²) in [6.07, 6.45) is 4.03. The average molecular weight is 325 g/mol. The van der Waals surface area contributed by atoms with Crippen LogP contribution in [0.4, 0.5) is 0 Å². The Balaban J connectivity index is 2.00. The van der Waals surface area contributed by atoms with Crippen LogP contribution < -0.4 is 4.74 Å². The second-order valence-corrected chi connectivity index (χ2v) is 7.89. The van der Waals surface area contributed by atoms with Gasteiger partial charge in [0.05, 0.1) is 25.9 Å². The van der Waals surface area contributed by atoms with Crippen LogP contribution in [0.15, 0.2) is 23.1 Å². The van der Waals surface area contributed by atoms with Gasteiger partial charge in [-0.3, -0.25) is 0 Å². The highest BCUT2D eigenvalue weighted by atomic mass is 32.2. The lowest BCUT2D eigenvalue weighted by Gasteiger charge is -2.42. The van der Waals surface area contributed by atoms with Gasteiger partial charge in [0.15, 0.2) is 0 Å². The van der Waals surface area contributed by atoms with Crippen LogP contribution in [0, 0.1) is 6.92 Å². The van der Waals surface area contributed by atoms with Crippen LogP contribution in [0.3, 0.4) is 0 Å². The van der Waals surface area contributed by atoms with E-state index in [1.165, 1.54) is 7.11 Å². The molecular formula is C16H23NO4S. The first kappa shape index (κ1) is 15.8. The summed E-state index contributed by atoms with van der Waals surface area (Å²) >= 11 is 0. The number of ether oxygens (including phenoxy) is 2. The van der Waals surface area contributed by atoms with Gasteiger partial charge in [0, 0.05) is 6.54 Å². The van der Waals surface area contributed by atoms with Gasteiger partial charge in [0.25, 0.3) is 0 Å². The van der Waals surface area contributed by atoms with E-state index in [-0.39, 0.29) is 17.0 Å². The van der Waals surface area contributed by atoms with Crippen molar-refractivity contribution < 1.29 is 17.9 Å². The summed E-state index contributed by atoms with van der Waals surface area (Å²) < 4.78 is 39.0. The molecule has 0 bridgehead atoms. The maximum Gasteiger partial charge on any atom is 0.247 e. The fourth-order valence-electron chi connectivity index (χ4n) is 3.47. The van der Waals surface area contributed by atoms with E-state index in [1.54, 1.807) is 16.4 Å². The maximum absolute atomic E-state index is 13.2. The topological polar surface area (TPSA) is 55.8 Å². The van der Waals surface area contributed by atoms with E-state index < -0.39 is 10.0 Å². The van der Waals surface area contributed by atoms with Gasteiger partial charge in [0.1, 0.15) is 10.6 Å². The molecular weight excluding hydrogens is 302 g/mol. The standard InChI is InChI=1S/C16H23NO4S/c1-12-7-8-15(20-2)16(11-12)22(18,19)17-9-10-21-14-6-4-3-5-13(14)17/h7-8,11,13-14H,3-6,9-10H2,1-2H3/t13-,14-/m1/s1. The lowest BCUT2D eigenvalue weighted by Crippen LogP contribution is -2.54. The Morgan fingerprint density at radius 1 is 1.27 bits per heavy atom. The molecule has 1 aliphatic heterocycles. The number of nitrogens with zero attached hydrogens (tertiary/aromatic N) is 1. The quantitative estimate of drug-likeness (QED) is 0.856. The summed E-state index contributed by atoms with van der Waals surface area (Å²) in [6.45, 7) is 2.77. The maximum atomic E-state index is 13.2. The van der Waals surface area contributed by atoms with E-state index in [4.69, 9.17) is 9.47 Å². The summed E-state index contributed by atoms with van der Waals surface area (Å²) in [5.74, 6) is 0.407. The molecule has 3 rings (SSSR count). The minimum Gasteiger partial charge on any atom is -0.495 e. The molecule has 0 spiro atoms. The van der Waals surface area contributed by atoms with Crippen LogP contribution in [-0.2, 0) is 14.8 Å². The number of fused-ring (bicyclic) bond motifs is 1. The van der Waals surface area contributed by atoms with Crippen molar-refractivity contribution in [2.45, 2.75) is 49.6 Å². The Morgan fingerprint density at radius 2 is 2.05 bits per heavy atom. The molecule has 2 fully saturated rings. The third-order valence-corrected chi connectivity index (χ3v) is 6.53. The second-order valence-electron chi connectivity index (χ2n) is 6.03. The largest absolute Gasteiger partial charge is 0.495 e. The number of sulfonamides is 1. The molecule has 1 aliphatic carbocycles. The summed E-state index contributed by atoms with van der Waals surface area (Å²) in [7, 11) is -2.06. The van der Waals surface area contributed by atoms with E-state index in [1.807, 2.05) is 13.0 Å². The second kappa shape index (κ2) is 6.18. The Kier molecular flexibility index (Phi) is 4.43. The highest BCUT2D eigenvalue weighted by Crippen LogP contribution is 2.35. The van der Waals surface area contributed by atoms with E-state index in [2.05, 4.69) is 0 Å². The molecule has 2 atom stereocenters. The summed E-state index contributed by atoms with van der Waals surface area (Å²) in [4.78, 5) is 0.265. The lowest BCUT2D eigenvalue weighted by atomic mass is 9.91. The Morgan fingerprint density at radius 3 is 2.82 bits per heavy atom. The van der Waals surface area contributed by atoms with Gasteiger partial charge in [-0.25, -0.2) is 8.42 Å². The van der Waals surface area contributed by atoms with Crippen LogP contribution in [0.25, 0.3) is 0 Å². The normalized spacial score (nSPS) is 26.5. The van der Waals surface area contributed by atoms with Crippen molar-refractivity contribution in [1.29, 1.82) is 0 Å². The lowest BCUT2D eigenvalue weighted by molar-refractivity contribution is -0.0586. The number of aryl methyl sites for hydroxylation is 1. The smallest absolute Gasteiger partial charge is 0.247 e. The fraction of sp³-hybridized carbons (Fsp3) is 0.625. The molecule has 5 nitrogen and oxygen atoms in total. The van der Waals surface area contributed by atoms with Crippen LogP contribution in [0.5, 0.6) is 5.75 Å². The minimum atomic E-state index is -3.57. The zero-order valence-corrected chi connectivity index (χ0v) is 13.9. The van der Waals surface area contributed by atoms with E-state index >= 15 is 0 Å². The first-order valence-electron chi connectivity index (χ1n) is 7.82. The first-order valence-corrected chi connectivity index (χ1v) is 9.26. The molecule has 0 amide bonds. The average Bonchev–Trinajstić information content (AvgIpc) is 2.54. The number of benzene rings is 1. The molecule has 0 radical (unpaired) electrons. The summed E-state index contributed by atoms with van der Waals surface area (Å²) in [5, 5.41) is 0. The molecule has 122 valence electrons. The highest BCUT2D eigenvalue weighted by molar-refractivity contribution is 7.89. The Bertz CT molecular complexity index is 642. The third kappa shape index (κ3) is 2.75. The number of morpholine rings is 1. The molecule has 6 heteroatoms. The summed E-state index contributed by atoms with van der Waals surface area (Å²) in [5.41, 5.74) is 0.910. The van der Waals surface area contributed by atoms with Crippen molar-refractivity contribution in [2.75, 3.05) is 20.3 Å². The van der Waals surface area contributed by atoms with Gasteiger partial charge < -0.3 is 9.47 Å². The third-order valence-electron chi connectivity index (χ3n) is 4.59. The zero-order valence-electron chi connectivity index (χ0n) is 13.1. The van der Waals surface area contributed by atoms with Crippen molar-refractivity contribution in [3.63, 3.8) is 0 Å². The van der Waals surface area contributed by atoms with Crippen LogP contribution >= 0.6 is 0 Å². The Hall–Kier alpha value is -1.11. The highest BCUT2D eigenvalue weighted by Gasteiger charge is 2.41. The number of rotatable bonds is 3. The zero-order chi connectivity index (χ0) is 15.7. The van der Waals surface area contributed by atoms with Crippen molar-refractivity contribution in [2.24, 2.45) is 0 Å².